The Labute approximate surface area is 60.3 Å². The molecule has 0 N–H and O–H groups in total. The number of halogens is 3. The van der Waals surface area contributed by atoms with Crippen LogP contribution in [0.2, 0.25) is 12.6 Å². The van der Waals surface area contributed by atoms with E-state index in [1.807, 2.05) is 6.55 Å². The third kappa shape index (κ3) is 5.88. The molecule has 0 radical (unpaired) electrons. The third-order valence-corrected chi connectivity index (χ3v) is 3.29. The van der Waals surface area contributed by atoms with Crippen LogP contribution in [0.5, 0.6) is 0 Å². The van der Waals surface area contributed by atoms with Crippen molar-refractivity contribution in [1.29, 1.82) is 0 Å². The summed E-state index contributed by atoms with van der Waals surface area (Å²) in [7, 11) is -1.24. The zero-order valence-corrected chi connectivity index (χ0v) is 7.06. The summed E-state index contributed by atoms with van der Waals surface area (Å²) >= 11 is 0. The van der Waals surface area contributed by atoms with Gasteiger partial charge in [0.1, 0.15) is 0 Å². The minimum atomic E-state index is -3.98. The van der Waals surface area contributed by atoms with E-state index in [4.69, 9.17) is 0 Å². The van der Waals surface area contributed by atoms with Crippen molar-refractivity contribution in [3.63, 3.8) is 0 Å². The normalized spacial score (nSPS) is 14.8. The molecule has 0 nitrogen and oxygen atoms in total. The van der Waals surface area contributed by atoms with E-state index in [0.717, 1.165) is 0 Å². The van der Waals surface area contributed by atoms with Gasteiger partial charge in [-0.05, 0) is 6.04 Å². The van der Waals surface area contributed by atoms with Crippen LogP contribution in [0.25, 0.3) is 0 Å². The zero-order valence-electron chi connectivity index (χ0n) is 5.91. The monoisotopic (exact) mass is 168 g/mol. The Morgan fingerprint density at radius 2 is 2.00 bits per heavy atom. The van der Waals surface area contributed by atoms with Crippen LogP contribution in [0.4, 0.5) is 13.2 Å². The van der Waals surface area contributed by atoms with Crippen molar-refractivity contribution in [3.8, 4) is 0 Å². The fourth-order valence-electron chi connectivity index (χ4n) is 0.509. The maximum absolute atomic E-state index is 11.5. The van der Waals surface area contributed by atoms with E-state index in [1.54, 1.807) is 5.70 Å². The first-order chi connectivity index (χ1) is 4.45. The molecule has 1 atom stereocenters. The van der Waals surface area contributed by atoms with Crippen molar-refractivity contribution in [2.24, 2.45) is 0 Å². The number of alkyl halides is 3. The standard InChI is InChI=1S/C6H11F3Si/c1-3-10(2)5-4-6(7,8)9/h3,10H,1,4-5H2,2H3. The predicted molar refractivity (Wildman–Crippen MR) is 38.7 cm³/mol. The molecule has 0 rings (SSSR count). The molecule has 4 heteroatoms. The van der Waals surface area contributed by atoms with Crippen LogP contribution in [-0.4, -0.2) is 15.0 Å². The summed E-state index contributed by atoms with van der Waals surface area (Å²) in [6.45, 7) is 5.32. The minimum Gasteiger partial charge on any atom is -0.171 e. The summed E-state index contributed by atoms with van der Waals surface area (Å²) in [5.74, 6) is 0. The van der Waals surface area contributed by atoms with Gasteiger partial charge < -0.3 is 0 Å². The fraction of sp³-hybridized carbons (Fsp3) is 0.667. The minimum absolute atomic E-state index is 0.285. The van der Waals surface area contributed by atoms with Crippen LogP contribution in [0.3, 0.4) is 0 Å². The van der Waals surface area contributed by atoms with E-state index in [1.165, 1.54) is 0 Å². The number of hydrogen-bond acceptors (Lipinski definition) is 0. The maximum atomic E-state index is 11.5. The highest BCUT2D eigenvalue weighted by Gasteiger charge is 2.26. The lowest BCUT2D eigenvalue weighted by molar-refractivity contribution is -0.130. The molecule has 60 valence electrons. The van der Waals surface area contributed by atoms with E-state index < -0.39 is 21.4 Å². The summed E-state index contributed by atoms with van der Waals surface area (Å²) in [5.41, 5.74) is 1.67. The van der Waals surface area contributed by atoms with Gasteiger partial charge in [0.2, 0.25) is 0 Å². The molecule has 0 fully saturated rings. The van der Waals surface area contributed by atoms with Crippen LogP contribution in [-0.2, 0) is 0 Å². The van der Waals surface area contributed by atoms with Crippen molar-refractivity contribution in [2.75, 3.05) is 0 Å². The van der Waals surface area contributed by atoms with Gasteiger partial charge in [0.05, 0.1) is 8.80 Å². The van der Waals surface area contributed by atoms with Crippen molar-refractivity contribution >= 4 is 8.80 Å². The van der Waals surface area contributed by atoms with Crippen LogP contribution in [0, 0.1) is 0 Å². The molecule has 0 aliphatic rings. The van der Waals surface area contributed by atoms with E-state index in [0.29, 0.717) is 0 Å². The molecule has 0 spiro atoms. The summed E-state index contributed by atoms with van der Waals surface area (Å²) in [5, 5.41) is 0. The molecule has 0 saturated carbocycles. The van der Waals surface area contributed by atoms with Crippen molar-refractivity contribution in [2.45, 2.75) is 25.2 Å². The number of hydrogen-bond donors (Lipinski definition) is 0. The van der Waals surface area contributed by atoms with Crippen molar-refractivity contribution < 1.29 is 13.2 Å². The van der Waals surface area contributed by atoms with Crippen LogP contribution >= 0.6 is 0 Å². The third-order valence-electron chi connectivity index (χ3n) is 1.29. The molecule has 0 saturated heterocycles. The lowest BCUT2D eigenvalue weighted by Gasteiger charge is -2.06. The molecular weight excluding hydrogens is 157 g/mol. The van der Waals surface area contributed by atoms with Crippen molar-refractivity contribution in [3.05, 3.63) is 12.3 Å². The van der Waals surface area contributed by atoms with Crippen LogP contribution in [0.15, 0.2) is 12.3 Å². The Kier molecular flexibility index (Phi) is 3.71. The van der Waals surface area contributed by atoms with Crippen molar-refractivity contribution in [1.82, 2.24) is 0 Å². The Bertz CT molecular complexity index is 108. The Morgan fingerprint density at radius 1 is 1.50 bits per heavy atom. The fourth-order valence-corrected chi connectivity index (χ4v) is 1.53. The molecular formula is C6H11F3Si. The average Bonchev–Trinajstić information content (AvgIpc) is 1.81. The summed E-state index contributed by atoms with van der Waals surface area (Å²) in [6, 6.07) is 0.285. The molecule has 0 aliphatic carbocycles. The molecule has 10 heavy (non-hydrogen) atoms. The predicted octanol–water partition coefficient (Wildman–Crippen LogP) is 2.52. The van der Waals surface area contributed by atoms with Gasteiger partial charge in [0.15, 0.2) is 0 Å². The summed E-state index contributed by atoms with van der Waals surface area (Å²) < 4.78 is 34.6. The SMILES string of the molecule is C=C[SiH](C)CCC(F)(F)F. The highest BCUT2D eigenvalue weighted by Crippen LogP contribution is 2.22. The molecule has 0 aromatic rings. The Balaban J connectivity index is 3.45. The van der Waals surface area contributed by atoms with Gasteiger partial charge in [0, 0.05) is 6.42 Å². The van der Waals surface area contributed by atoms with Gasteiger partial charge in [0.25, 0.3) is 0 Å². The highest BCUT2D eigenvalue weighted by atomic mass is 28.3. The Morgan fingerprint density at radius 3 is 2.30 bits per heavy atom. The molecule has 0 bridgehead atoms. The lowest BCUT2D eigenvalue weighted by Crippen LogP contribution is -2.12. The maximum Gasteiger partial charge on any atom is 0.388 e. The second-order valence-corrected chi connectivity index (χ2v) is 5.37. The van der Waals surface area contributed by atoms with E-state index >= 15 is 0 Å². The summed E-state index contributed by atoms with van der Waals surface area (Å²) in [4.78, 5) is 0. The van der Waals surface area contributed by atoms with E-state index in [2.05, 4.69) is 6.58 Å². The first-order valence-electron chi connectivity index (χ1n) is 3.15. The Hall–Kier alpha value is -0.253. The molecule has 0 aromatic carbocycles. The largest absolute Gasteiger partial charge is 0.388 e. The second kappa shape index (κ2) is 3.80. The number of rotatable bonds is 3. The molecule has 1 unspecified atom stereocenters. The van der Waals surface area contributed by atoms with Gasteiger partial charge in [-0.25, -0.2) is 0 Å². The van der Waals surface area contributed by atoms with Gasteiger partial charge in [-0.1, -0.05) is 6.55 Å². The molecule has 0 amide bonds. The second-order valence-electron chi connectivity index (χ2n) is 2.37. The molecule has 0 aromatic heterocycles. The zero-order chi connectivity index (χ0) is 8.20. The average molecular weight is 168 g/mol. The van der Waals surface area contributed by atoms with Crippen LogP contribution in [0.1, 0.15) is 6.42 Å². The van der Waals surface area contributed by atoms with E-state index in [9.17, 15) is 13.2 Å². The first-order valence-corrected chi connectivity index (χ1v) is 5.79. The van der Waals surface area contributed by atoms with Gasteiger partial charge in [-0.15, -0.1) is 12.3 Å². The smallest absolute Gasteiger partial charge is 0.171 e. The lowest BCUT2D eigenvalue weighted by atomic mass is 10.5. The quantitative estimate of drug-likeness (QED) is 0.568. The van der Waals surface area contributed by atoms with Gasteiger partial charge >= 0.3 is 6.18 Å². The van der Waals surface area contributed by atoms with Crippen LogP contribution < -0.4 is 0 Å². The first kappa shape index (κ1) is 9.75. The van der Waals surface area contributed by atoms with Gasteiger partial charge in [-0.3, -0.25) is 0 Å². The highest BCUT2D eigenvalue weighted by molar-refractivity contribution is 6.62. The summed E-state index contributed by atoms with van der Waals surface area (Å²) in [6.07, 6.45) is -4.63. The van der Waals surface area contributed by atoms with Gasteiger partial charge in [-0.2, -0.15) is 13.2 Å². The topological polar surface area (TPSA) is 0 Å². The molecule has 0 aliphatic heterocycles. The molecule has 0 heterocycles. The van der Waals surface area contributed by atoms with E-state index in [-0.39, 0.29) is 6.04 Å².